The second-order valence-corrected chi connectivity index (χ2v) is 15.6. The van der Waals surface area contributed by atoms with Crippen molar-refractivity contribution >= 4 is 10.8 Å². The largest absolute Gasteiger partial charge is 0.507 e. The van der Waals surface area contributed by atoms with Crippen LogP contribution < -0.4 is 0 Å². The smallest absolute Gasteiger partial charge is 0.124 e. The number of hydrogen-bond donors (Lipinski definition) is 1. The minimum atomic E-state index is -0.714. The molecule has 6 aromatic carbocycles. The number of fused-ring (bicyclic) bond motifs is 1. The second kappa shape index (κ2) is 18.1. The molecular weight excluding hydrogens is 657 g/mol. The lowest BCUT2D eigenvalue weighted by atomic mass is 9.64. The van der Waals surface area contributed by atoms with E-state index in [2.05, 4.69) is 169 Å². The Kier molecular flexibility index (Phi) is 12.6. The van der Waals surface area contributed by atoms with Crippen LogP contribution in [0.1, 0.15) is 97.2 Å². The van der Waals surface area contributed by atoms with Crippen LogP contribution in [0.2, 0.25) is 0 Å². The summed E-state index contributed by atoms with van der Waals surface area (Å²) in [6.45, 7) is 9.33. The van der Waals surface area contributed by atoms with Crippen LogP contribution in [0.3, 0.4) is 0 Å². The molecule has 278 valence electrons. The summed E-state index contributed by atoms with van der Waals surface area (Å²) >= 11 is 0. The van der Waals surface area contributed by atoms with Gasteiger partial charge in [-0.25, -0.2) is 0 Å². The van der Waals surface area contributed by atoms with E-state index in [1.54, 1.807) is 0 Å². The summed E-state index contributed by atoms with van der Waals surface area (Å²) in [4.78, 5) is 5.39. The van der Waals surface area contributed by atoms with Crippen LogP contribution in [0, 0.1) is 6.92 Å². The number of aromatic hydroxyl groups is 1. The monoisotopic (exact) mass is 714 g/mol. The SMILES string of the molecule is CCCCCCCCN1CCC[C@H]1CN(Cc1cc(C)cc(C(c2ccccc2)(c2ccccc2)c2ccccc2)c1O)Cc1cccc2ccccc12. The average molecular weight is 715 g/mol. The number of benzene rings is 6. The number of rotatable bonds is 17. The molecule has 0 unspecified atom stereocenters. The van der Waals surface area contributed by atoms with Crippen molar-refractivity contribution in [1.82, 2.24) is 9.80 Å². The summed E-state index contributed by atoms with van der Waals surface area (Å²) in [7, 11) is 0. The summed E-state index contributed by atoms with van der Waals surface area (Å²) in [5, 5.41) is 15.4. The van der Waals surface area contributed by atoms with Crippen LogP contribution >= 0.6 is 0 Å². The van der Waals surface area contributed by atoms with Gasteiger partial charge in [0.05, 0.1) is 5.41 Å². The van der Waals surface area contributed by atoms with Gasteiger partial charge < -0.3 is 5.11 Å². The minimum Gasteiger partial charge on any atom is -0.507 e. The first kappa shape index (κ1) is 37.6. The topological polar surface area (TPSA) is 26.7 Å². The first-order chi connectivity index (χ1) is 26.6. The third kappa shape index (κ3) is 8.33. The molecule has 1 atom stereocenters. The van der Waals surface area contributed by atoms with Gasteiger partial charge in [0.25, 0.3) is 0 Å². The van der Waals surface area contributed by atoms with E-state index >= 15 is 0 Å². The van der Waals surface area contributed by atoms with Crippen molar-refractivity contribution in [2.24, 2.45) is 0 Å². The zero-order valence-electron chi connectivity index (χ0n) is 32.5. The van der Waals surface area contributed by atoms with Crippen molar-refractivity contribution in [3.63, 3.8) is 0 Å². The Morgan fingerprint density at radius 1 is 0.648 bits per heavy atom. The van der Waals surface area contributed by atoms with E-state index in [4.69, 9.17) is 0 Å². The zero-order chi connectivity index (χ0) is 37.2. The van der Waals surface area contributed by atoms with E-state index in [0.717, 1.165) is 46.5 Å². The molecule has 0 radical (unpaired) electrons. The third-order valence-corrected chi connectivity index (χ3v) is 11.8. The third-order valence-electron chi connectivity index (χ3n) is 11.8. The van der Waals surface area contributed by atoms with E-state index in [1.165, 1.54) is 80.8 Å². The molecule has 0 aliphatic carbocycles. The lowest BCUT2D eigenvalue weighted by molar-refractivity contribution is 0.159. The number of aryl methyl sites for hydroxylation is 1. The lowest BCUT2D eigenvalue weighted by Gasteiger charge is -2.38. The van der Waals surface area contributed by atoms with Crippen molar-refractivity contribution in [2.75, 3.05) is 19.6 Å². The molecule has 0 aromatic heterocycles. The molecule has 1 saturated heterocycles. The molecule has 0 saturated carbocycles. The van der Waals surface area contributed by atoms with Gasteiger partial charge in [0, 0.05) is 36.8 Å². The predicted octanol–water partition coefficient (Wildman–Crippen LogP) is 12.1. The van der Waals surface area contributed by atoms with Crippen LogP contribution in [0.15, 0.2) is 146 Å². The first-order valence-electron chi connectivity index (χ1n) is 20.5. The lowest BCUT2D eigenvalue weighted by Crippen LogP contribution is -2.40. The van der Waals surface area contributed by atoms with Crippen LogP contribution in [0.25, 0.3) is 10.8 Å². The minimum absolute atomic E-state index is 0.385. The molecule has 1 heterocycles. The molecule has 0 spiro atoms. The first-order valence-corrected chi connectivity index (χ1v) is 20.5. The second-order valence-electron chi connectivity index (χ2n) is 15.6. The van der Waals surface area contributed by atoms with Gasteiger partial charge in [-0.1, -0.05) is 190 Å². The molecule has 0 bridgehead atoms. The van der Waals surface area contributed by atoms with E-state index in [0.29, 0.717) is 18.3 Å². The summed E-state index contributed by atoms with van der Waals surface area (Å²) in [5.74, 6) is 0.385. The van der Waals surface area contributed by atoms with Gasteiger partial charge in [0.15, 0.2) is 0 Å². The van der Waals surface area contributed by atoms with Crippen LogP contribution in [0.5, 0.6) is 5.75 Å². The highest BCUT2D eigenvalue weighted by molar-refractivity contribution is 5.85. The fourth-order valence-electron chi connectivity index (χ4n) is 9.18. The predicted molar refractivity (Wildman–Crippen MR) is 227 cm³/mol. The maximum atomic E-state index is 12.8. The number of phenols is 1. The number of hydrogen-bond acceptors (Lipinski definition) is 3. The molecule has 3 heteroatoms. The van der Waals surface area contributed by atoms with Gasteiger partial charge in [0.2, 0.25) is 0 Å². The molecule has 54 heavy (non-hydrogen) atoms. The molecule has 0 amide bonds. The van der Waals surface area contributed by atoms with Crippen molar-refractivity contribution in [2.45, 2.75) is 89.8 Å². The highest BCUT2D eigenvalue weighted by Gasteiger charge is 2.41. The van der Waals surface area contributed by atoms with E-state index < -0.39 is 5.41 Å². The highest BCUT2D eigenvalue weighted by atomic mass is 16.3. The number of unbranched alkanes of at least 4 members (excludes halogenated alkanes) is 5. The Balaban J connectivity index is 1.29. The van der Waals surface area contributed by atoms with Crippen LogP contribution in [-0.4, -0.2) is 40.6 Å². The van der Waals surface area contributed by atoms with Crippen LogP contribution in [-0.2, 0) is 18.5 Å². The summed E-state index contributed by atoms with van der Waals surface area (Å²) in [6, 6.07) is 52.7. The van der Waals surface area contributed by atoms with Gasteiger partial charge in [-0.15, -0.1) is 0 Å². The van der Waals surface area contributed by atoms with E-state index in [-0.39, 0.29) is 0 Å². The van der Waals surface area contributed by atoms with Crippen molar-refractivity contribution < 1.29 is 5.11 Å². The Morgan fingerprint density at radius 2 is 1.22 bits per heavy atom. The summed E-state index contributed by atoms with van der Waals surface area (Å²) in [6.07, 6.45) is 10.5. The van der Waals surface area contributed by atoms with E-state index in [9.17, 15) is 5.11 Å². The van der Waals surface area contributed by atoms with E-state index in [1.807, 2.05) is 0 Å². The molecule has 1 aliphatic heterocycles. The molecule has 6 aromatic rings. The van der Waals surface area contributed by atoms with Gasteiger partial charge >= 0.3 is 0 Å². The standard InChI is InChI=1S/C51H58N2O/c1-3-4-5-6-7-19-33-53-34-21-31-47(53)39-52(37-42-24-20-23-41-22-17-18-32-48(41)42)38-43-35-40(2)36-49(50(43)54)51(44-25-11-8-12-26-44,45-27-13-9-14-28-45)46-29-15-10-16-30-46/h8-18,20,22-30,32,35-36,47,54H,3-7,19,21,31,33-34,37-39H2,1-2H3/t47-/m0/s1. The van der Waals surface area contributed by atoms with Crippen molar-refractivity contribution in [1.29, 1.82) is 0 Å². The fourth-order valence-corrected chi connectivity index (χ4v) is 9.18. The number of likely N-dealkylation sites (tertiary alicyclic amines) is 1. The summed E-state index contributed by atoms with van der Waals surface area (Å²) in [5.41, 5.74) is 7.10. The Bertz CT molecular complexity index is 1960. The molecular formula is C51H58N2O. The normalized spacial score (nSPS) is 15.0. The van der Waals surface area contributed by atoms with Crippen molar-refractivity contribution in [3.8, 4) is 5.75 Å². The van der Waals surface area contributed by atoms with Gasteiger partial charge in [-0.2, -0.15) is 0 Å². The van der Waals surface area contributed by atoms with Crippen LogP contribution in [0.4, 0.5) is 0 Å². The zero-order valence-corrected chi connectivity index (χ0v) is 32.5. The Labute approximate surface area is 324 Å². The summed E-state index contributed by atoms with van der Waals surface area (Å²) < 4.78 is 0. The maximum Gasteiger partial charge on any atom is 0.124 e. The fraction of sp³-hybridized carbons (Fsp3) is 0.333. The number of phenolic OH excluding ortho intramolecular Hbond substituents is 1. The van der Waals surface area contributed by atoms with Gasteiger partial charge in [-0.3, -0.25) is 9.80 Å². The Hall–Kier alpha value is -4.70. The van der Waals surface area contributed by atoms with Gasteiger partial charge in [0.1, 0.15) is 5.75 Å². The molecule has 3 nitrogen and oxygen atoms in total. The quantitative estimate of drug-likeness (QED) is 0.0753. The highest BCUT2D eigenvalue weighted by Crippen LogP contribution is 2.49. The van der Waals surface area contributed by atoms with Crippen molar-refractivity contribution in [3.05, 3.63) is 185 Å². The molecule has 1 N–H and O–H groups in total. The maximum absolute atomic E-state index is 12.8. The number of nitrogens with zero attached hydrogens (tertiary/aromatic N) is 2. The average Bonchev–Trinajstić information content (AvgIpc) is 3.66. The molecule has 1 aliphatic rings. The molecule has 1 fully saturated rings. The Morgan fingerprint density at radius 3 is 1.89 bits per heavy atom. The van der Waals surface area contributed by atoms with Gasteiger partial charge in [-0.05, 0) is 72.3 Å². The molecule has 7 rings (SSSR count).